The standard InChI is InChI=1S/C8H11F3N2/c9-5-1-2-6(13)8(11)4(3-12)7(5)10/h4-8H,1-2,13H2/t4?,5?,6?,7-,8?/m1/s1. The second-order valence-electron chi connectivity index (χ2n) is 3.30. The first kappa shape index (κ1) is 10.3. The van der Waals surface area contributed by atoms with Crippen molar-refractivity contribution in [2.24, 2.45) is 11.7 Å². The average Bonchev–Trinajstić information content (AvgIpc) is 2.20. The third-order valence-electron chi connectivity index (χ3n) is 2.37. The number of hydrogen-bond donors (Lipinski definition) is 1. The van der Waals surface area contributed by atoms with Crippen molar-refractivity contribution in [1.82, 2.24) is 0 Å². The van der Waals surface area contributed by atoms with Crippen molar-refractivity contribution in [3.05, 3.63) is 0 Å². The summed E-state index contributed by atoms with van der Waals surface area (Å²) < 4.78 is 39.1. The quantitative estimate of drug-likeness (QED) is 0.587. The van der Waals surface area contributed by atoms with E-state index >= 15 is 0 Å². The molecule has 13 heavy (non-hydrogen) atoms. The van der Waals surface area contributed by atoms with E-state index in [9.17, 15) is 13.2 Å². The molecule has 0 spiro atoms. The fraction of sp³-hybridized carbons (Fsp3) is 0.875. The molecular formula is C8H11F3N2. The van der Waals surface area contributed by atoms with Gasteiger partial charge in [-0.2, -0.15) is 5.26 Å². The summed E-state index contributed by atoms with van der Waals surface area (Å²) in [5.74, 6) is -1.56. The van der Waals surface area contributed by atoms with E-state index in [2.05, 4.69) is 0 Å². The lowest BCUT2D eigenvalue weighted by atomic mass is 9.96. The first-order chi connectivity index (χ1) is 6.07. The zero-order valence-electron chi connectivity index (χ0n) is 6.96. The number of nitriles is 1. The number of nitrogens with two attached hydrogens (primary N) is 1. The summed E-state index contributed by atoms with van der Waals surface area (Å²) in [4.78, 5) is 0. The van der Waals surface area contributed by atoms with Crippen molar-refractivity contribution >= 4 is 0 Å². The molecule has 4 unspecified atom stereocenters. The maximum atomic E-state index is 13.2. The molecule has 1 aliphatic rings. The van der Waals surface area contributed by atoms with Crippen LogP contribution in [0.1, 0.15) is 12.8 Å². The molecule has 1 fully saturated rings. The third-order valence-corrected chi connectivity index (χ3v) is 2.37. The van der Waals surface area contributed by atoms with Crippen LogP contribution in [0.4, 0.5) is 13.2 Å². The van der Waals surface area contributed by atoms with Crippen molar-refractivity contribution in [3.63, 3.8) is 0 Å². The lowest BCUT2D eigenvalue weighted by molar-refractivity contribution is 0.0993. The zero-order valence-corrected chi connectivity index (χ0v) is 6.96. The van der Waals surface area contributed by atoms with E-state index in [1.165, 1.54) is 6.07 Å². The largest absolute Gasteiger partial charge is 0.325 e. The van der Waals surface area contributed by atoms with E-state index in [1.807, 2.05) is 0 Å². The fourth-order valence-electron chi connectivity index (χ4n) is 1.48. The van der Waals surface area contributed by atoms with Gasteiger partial charge in [-0.05, 0) is 12.8 Å². The summed E-state index contributed by atoms with van der Waals surface area (Å²) in [5.41, 5.74) is 5.31. The second-order valence-corrected chi connectivity index (χ2v) is 3.30. The van der Waals surface area contributed by atoms with Crippen LogP contribution in [0.3, 0.4) is 0 Å². The van der Waals surface area contributed by atoms with Crippen molar-refractivity contribution in [3.8, 4) is 6.07 Å². The highest BCUT2D eigenvalue weighted by atomic mass is 19.2. The van der Waals surface area contributed by atoms with E-state index < -0.39 is 30.5 Å². The Hall–Kier alpha value is -0.760. The molecule has 0 radical (unpaired) electrons. The zero-order chi connectivity index (χ0) is 10.0. The highest BCUT2D eigenvalue weighted by Gasteiger charge is 2.41. The van der Waals surface area contributed by atoms with Gasteiger partial charge in [-0.3, -0.25) is 0 Å². The third kappa shape index (κ3) is 1.94. The van der Waals surface area contributed by atoms with Gasteiger partial charge in [0.15, 0.2) is 0 Å². The van der Waals surface area contributed by atoms with E-state index in [-0.39, 0.29) is 12.8 Å². The molecule has 1 rings (SSSR count). The summed E-state index contributed by atoms with van der Waals surface area (Å²) in [6.45, 7) is 0. The number of rotatable bonds is 0. The molecule has 5 atom stereocenters. The Morgan fingerprint density at radius 2 is 1.77 bits per heavy atom. The van der Waals surface area contributed by atoms with Crippen LogP contribution in [-0.4, -0.2) is 24.6 Å². The monoisotopic (exact) mass is 192 g/mol. The van der Waals surface area contributed by atoms with Crippen molar-refractivity contribution < 1.29 is 13.2 Å². The Labute approximate surface area is 74.5 Å². The Morgan fingerprint density at radius 1 is 1.15 bits per heavy atom. The molecule has 0 aromatic rings. The van der Waals surface area contributed by atoms with Crippen molar-refractivity contribution in [2.75, 3.05) is 0 Å². The number of alkyl halides is 3. The number of hydrogen-bond acceptors (Lipinski definition) is 2. The van der Waals surface area contributed by atoms with Crippen molar-refractivity contribution in [2.45, 2.75) is 37.4 Å². The van der Waals surface area contributed by atoms with Crippen LogP contribution in [0.2, 0.25) is 0 Å². The molecule has 5 heteroatoms. The summed E-state index contributed by atoms with van der Waals surface area (Å²) in [6, 6.07) is 0.507. The van der Waals surface area contributed by atoms with Gasteiger partial charge in [0.1, 0.15) is 24.4 Å². The van der Waals surface area contributed by atoms with Gasteiger partial charge in [-0.15, -0.1) is 0 Å². The van der Waals surface area contributed by atoms with E-state index in [1.54, 1.807) is 0 Å². The van der Waals surface area contributed by atoms with Gasteiger partial charge in [-0.1, -0.05) is 0 Å². The first-order valence-electron chi connectivity index (χ1n) is 4.15. The van der Waals surface area contributed by atoms with Crippen LogP contribution in [0.15, 0.2) is 0 Å². The average molecular weight is 192 g/mol. The lowest BCUT2D eigenvalue weighted by Crippen LogP contribution is -2.38. The smallest absolute Gasteiger partial charge is 0.150 e. The van der Waals surface area contributed by atoms with E-state index in [0.29, 0.717) is 0 Å². The number of nitrogens with zero attached hydrogens (tertiary/aromatic N) is 1. The van der Waals surface area contributed by atoms with Gasteiger partial charge in [-0.25, -0.2) is 13.2 Å². The Balaban J connectivity index is 2.81. The maximum absolute atomic E-state index is 13.2. The topological polar surface area (TPSA) is 49.8 Å². The van der Waals surface area contributed by atoms with Gasteiger partial charge < -0.3 is 5.73 Å². The molecule has 0 amide bonds. The molecular weight excluding hydrogens is 181 g/mol. The second kappa shape index (κ2) is 3.97. The van der Waals surface area contributed by atoms with Crippen LogP contribution >= 0.6 is 0 Å². The minimum Gasteiger partial charge on any atom is -0.325 e. The summed E-state index contributed by atoms with van der Waals surface area (Å²) in [6.07, 6.45) is -5.60. The number of halogens is 3. The predicted molar refractivity (Wildman–Crippen MR) is 41.0 cm³/mol. The van der Waals surface area contributed by atoms with Crippen LogP contribution in [-0.2, 0) is 0 Å². The van der Waals surface area contributed by atoms with Crippen LogP contribution < -0.4 is 5.73 Å². The first-order valence-corrected chi connectivity index (χ1v) is 4.15. The molecule has 0 bridgehead atoms. The molecule has 0 saturated heterocycles. The van der Waals surface area contributed by atoms with Crippen LogP contribution in [0, 0.1) is 17.2 Å². The highest BCUT2D eigenvalue weighted by Crippen LogP contribution is 2.29. The maximum Gasteiger partial charge on any atom is 0.150 e. The normalized spacial score (nSPS) is 46.5. The van der Waals surface area contributed by atoms with Crippen LogP contribution in [0.5, 0.6) is 0 Å². The van der Waals surface area contributed by atoms with E-state index in [4.69, 9.17) is 11.0 Å². The van der Waals surface area contributed by atoms with Gasteiger partial charge in [0, 0.05) is 6.04 Å². The Kier molecular flexibility index (Phi) is 3.15. The molecule has 0 aliphatic heterocycles. The SMILES string of the molecule is N#CC1C(F)C(N)CCC(F)[C@@H]1F. The van der Waals surface area contributed by atoms with Gasteiger partial charge in [0.2, 0.25) is 0 Å². The predicted octanol–water partition coefficient (Wildman–Crippen LogP) is 1.26. The highest BCUT2D eigenvalue weighted by molar-refractivity contribution is 5.02. The molecule has 1 saturated carbocycles. The minimum absolute atomic E-state index is 0.0843. The Bertz CT molecular complexity index is 200. The lowest BCUT2D eigenvalue weighted by Gasteiger charge is -2.18. The minimum atomic E-state index is -2.05. The Morgan fingerprint density at radius 3 is 2.31 bits per heavy atom. The fourth-order valence-corrected chi connectivity index (χ4v) is 1.48. The molecule has 0 aromatic carbocycles. The van der Waals surface area contributed by atoms with E-state index in [0.717, 1.165) is 0 Å². The molecule has 2 N–H and O–H groups in total. The van der Waals surface area contributed by atoms with Gasteiger partial charge in [0.05, 0.1) is 6.07 Å². The summed E-state index contributed by atoms with van der Waals surface area (Å²) >= 11 is 0. The van der Waals surface area contributed by atoms with Gasteiger partial charge in [0.25, 0.3) is 0 Å². The van der Waals surface area contributed by atoms with Gasteiger partial charge >= 0.3 is 0 Å². The molecule has 0 heterocycles. The van der Waals surface area contributed by atoms with Crippen LogP contribution in [0.25, 0.3) is 0 Å². The van der Waals surface area contributed by atoms with Crippen molar-refractivity contribution in [1.29, 1.82) is 5.26 Å². The molecule has 74 valence electrons. The molecule has 0 aromatic heterocycles. The molecule has 2 nitrogen and oxygen atoms in total. The summed E-state index contributed by atoms with van der Waals surface area (Å²) in [7, 11) is 0. The summed E-state index contributed by atoms with van der Waals surface area (Å²) in [5, 5.41) is 8.44. The molecule has 1 aliphatic carbocycles.